The third kappa shape index (κ3) is 8.64. The van der Waals surface area contributed by atoms with Crippen LogP contribution >= 0.6 is 12.4 Å². The number of rotatable bonds is 10. The molecule has 0 fully saturated rings. The number of ether oxygens (including phenoxy) is 1. The molecule has 0 aliphatic rings. The summed E-state index contributed by atoms with van der Waals surface area (Å²) in [5.74, 6) is -0.518. The SMILES string of the molecule is COC(=O)CCCCCN[C@@H](Cc1ccccc1)C(N)=O.Cl. The first-order valence-corrected chi connectivity index (χ1v) is 7.27. The van der Waals surface area contributed by atoms with E-state index in [1.807, 2.05) is 30.3 Å². The van der Waals surface area contributed by atoms with Crippen molar-refractivity contribution >= 4 is 24.3 Å². The van der Waals surface area contributed by atoms with Gasteiger partial charge in [0, 0.05) is 6.42 Å². The summed E-state index contributed by atoms with van der Waals surface area (Å²) in [5.41, 5.74) is 6.50. The zero-order valence-electron chi connectivity index (χ0n) is 12.9. The van der Waals surface area contributed by atoms with E-state index in [-0.39, 0.29) is 30.3 Å². The number of esters is 1. The second kappa shape index (κ2) is 12.0. The van der Waals surface area contributed by atoms with Gasteiger partial charge in [-0.05, 0) is 31.4 Å². The fourth-order valence-electron chi connectivity index (χ4n) is 2.07. The maximum absolute atomic E-state index is 11.5. The van der Waals surface area contributed by atoms with Crippen LogP contribution in [0.3, 0.4) is 0 Å². The highest BCUT2D eigenvalue weighted by Crippen LogP contribution is 2.04. The predicted molar refractivity (Wildman–Crippen MR) is 88.9 cm³/mol. The van der Waals surface area contributed by atoms with Crippen LogP contribution in [0.15, 0.2) is 30.3 Å². The molecule has 0 radical (unpaired) electrons. The van der Waals surface area contributed by atoms with Crippen molar-refractivity contribution in [3.63, 3.8) is 0 Å². The van der Waals surface area contributed by atoms with E-state index in [2.05, 4.69) is 10.1 Å². The van der Waals surface area contributed by atoms with Crippen molar-refractivity contribution in [1.29, 1.82) is 0 Å². The Morgan fingerprint density at radius 2 is 1.86 bits per heavy atom. The van der Waals surface area contributed by atoms with Gasteiger partial charge in [-0.2, -0.15) is 0 Å². The van der Waals surface area contributed by atoms with Crippen molar-refractivity contribution in [2.24, 2.45) is 5.73 Å². The molecule has 0 spiro atoms. The van der Waals surface area contributed by atoms with E-state index in [9.17, 15) is 9.59 Å². The molecule has 0 saturated heterocycles. The highest BCUT2D eigenvalue weighted by molar-refractivity contribution is 5.85. The molecule has 0 saturated carbocycles. The molecule has 1 atom stereocenters. The summed E-state index contributed by atoms with van der Waals surface area (Å²) in [6, 6.07) is 9.44. The number of nitrogens with two attached hydrogens (primary N) is 1. The molecule has 0 aliphatic heterocycles. The van der Waals surface area contributed by atoms with Crippen molar-refractivity contribution in [3.05, 3.63) is 35.9 Å². The predicted octanol–water partition coefficient (Wildman–Crippen LogP) is 1.83. The lowest BCUT2D eigenvalue weighted by molar-refractivity contribution is -0.140. The van der Waals surface area contributed by atoms with Gasteiger partial charge in [0.25, 0.3) is 0 Å². The summed E-state index contributed by atoms with van der Waals surface area (Å²) in [4.78, 5) is 22.4. The summed E-state index contributed by atoms with van der Waals surface area (Å²) in [6.45, 7) is 0.710. The number of nitrogens with one attached hydrogen (secondary N) is 1. The van der Waals surface area contributed by atoms with Crippen molar-refractivity contribution in [1.82, 2.24) is 5.32 Å². The third-order valence-electron chi connectivity index (χ3n) is 3.30. The van der Waals surface area contributed by atoms with Crippen LogP contribution < -0.4 is 11.1 Å². The van der Waals surface area contributed by atoms with Gasteiger partial charge >= 0.3 is 5.97 Å². The molecule has 0 bridgehead atoms. The average Bonchev–Trinajstić information content (AvgIpc) is 2.49. The zero-order valence-corrected chi connectivity index (χ0v) is 13.7. The molecule has 6 heteroatoms. The number of unbranched alkanes of at least 4 members (excludes halogenated alkanes) is 2. The second-order valence-electron chi connectivity index (χ2n) is 4.99. The van der Waals surface area contributed by atoms with Gasteiger partial charge in [0.15, 0.2) is 0 Å². The van der Waals surface area contributed by atoms with E-state index in [0.29, 0.717) is 19.4 Å². The van der Waals surface area contributed by atoms with E-state index < -0.39 is 0 Å². The first-order chi connectivity index (χ1) is 10.1. The number of benzene rings is 1. The van der Waals surface area contributed by atoms with Gasteiger partial charge in [0.05, 0.1) is 13.2 Å². The Labute approximate surface area is 138 Å². The van der Waals surface area contributed by atoms with Crippen LogP contribution in [-0.4, -0.2) is 31.6 Å². The molecular weight excluding hydrogens is 304 g/mol. The summed E-state index contributed by atoms with van der Waals surface area (Å²) in [7, 11) is 1.39. The van der Waals surface area contributed by atoms with Crippen molar-refractivity contribution in [2.45, 2.75) is 38.1 Å². The number of hydrogen-bond acceptors (Lipinski definition) is 4. The fourth-order valence-corrected chi connectivity index (χ4v) is 2.07. The zero-order chi connectivity index (χ0) is 15.5. The van der Waals surface area contributed by atoms with Crippen LogP contribution in [0.25, 0.3) is 0 Å². The average molecular weight is 329 g/mol. The molecule has 5 nitrogen and oxygen atoms in total. The number of primary amides is 1. The fraction of sp³-hybridized carbons (Fsp3) is 0.500. The van der Waals surface area contributed by atoms with E-state index >= 15 is 0 Å². The van der Waals surface area contributed by atoms with E-state index in [0.717, 1.165) is 24.8 Å². The molecule has 1 amide bonds. The Morgan fingerprint density at radius 1 is 1.18 bits per heavy atom. The first-order valence-electron chi connectivity index (χ1n) is 7.27. The minimum Gasteiger partial charge on any atom is -0.469 e. The molecule has 0 aromatic heterocycles. The lowest BCUT2D eigenvalue weighted by Crippen LogP contribution is -2.43. The van der Waals surface area contributed by atoms with Crippen LogP contribution in [-0.2, 0) is 20.7 Å². The van der Waals surface area contributed by atoms with Gasteiger partial charge in [-0.1, -0.05) is 36.8 Å². The Balaban J connectivity index is 0.00000441. The summed E-state index contributed by atoms with van der Waals surface area (Å²) >= 11 is 0. The summed E-state index contributed by atoms with van der Waals surface area (Å²) < 4.78 is 4.58. The smallest absolute Gasteiger partial charge is 0.305 e. The van der Waals surface area contributed by atoms with Gasteiger partial charge in [0.2, 0.25) is 5.91 Å². The number of amides is 1. The molecule has 1 aromatic rings. The van der Waals surface area contributed by atoms with Gasteiger partial charge in [-0.3, -0.25) is 9.59 Å². The molecule has 0 aliphatic carbocycles. The number of carbonyl (C=O) groups excluding carboxylic acids is 2. The first kappa shape index (κ1) is 20.4. The summed E-state index contributed by atoms with van der Waals surface area (Å²) in [6.07, 6.45) is 3.65. The minimum atomic E-state index is -0.354. The number of methoxy groups -OCH3 is 1. The maximum Gasteiger partial charge on any atom is 0.305 e. The van der Waals surface area contributed by atoms with Crippen molar-refractivity contribution in [2.75, 3.05) is 13.7 Å². The Morgan fingerprint density at radius 3 is 2.45 bits per heavy atom. The van der Waals surface area contributed by atoms with Gasteiger partial charge in [0.1, 0.15) is 0 Å². The molecule has 0 unspecified atom stereocenters. The second-order valence-corrected chi connectivity index (χ2v) is 4.99. The normalized spacial score (nSPS) is 11.3. The molecule has 0 heterocycles. The summed E-state index contributed by atoms with van der Waals surface area (Å²) in [5, 5.41) is 3.18. The van der Waals surface area contributed by atoms with E-state index in [1.165, 1.54) is 7.11 Å². The highest BCUT2D eigenvalue weighted by atomic mass is 35.5. The Bertz CT molecular complexity index is 440. The van der Waals surface area contributed by atoms with E-state index in [4.69, 9.17) is 5.73 Å². The third-order valence-corrected chi connectivity index (χ3v) is 3.30. The minimum absolute atomic E-state index is 0. The Kier molecular flexibility index (Phi) is 11.1. The maximum atomic E-state index is 11.5. The molecule has 3 N–H and O–H groups in total. The number of halogens is 1. The van der Waals surface area contributed by atoms with Gasteiger partial charge in [-0.15, -0.1) is 12.4 Å². The monoisotopic (exact) mass is 328 g/mol. The molecule has 1 rings (SSSR count). The number of hydrogen-bond donors (Lipinski definition) is 2. The van der Waals surface area contributed by atoms with Crippen LogP contribution in [0, 0.1) is 0 Å². The molecule has 22 heavy (non-hydrogen) atoms. The molecular formula is C16H25ClN2O3. The van der Waals surface area contributed by atoms with Crippen LogP contribution in [0.5, 0.6) is 0 Å². The van der Waals surface area contributed by atoms with Crippen LogP contribution in [0.4, 0.5) is 0 Å². The number of carbonyl (C=O) groups is 2. The molecule has 1 aromatic carbocycles. The topological polar surface area (TPSA) is 81.4 Å². The van der Waals surface area contributed by atoms with Gasteiger partial charge in [-0.25, -0.2) is 0 Å². The van der Waals surface area contributed by atoms with E-state index in [1.54, 1.807) is 0 Å². The Hall–Kier alpha value is -1.59. The van der Waals surface area contributed by atoms with Crippen LogP contribution in [0.1, 0.15) is 31.2 Å². The van der Waals surface area contributed by atoms with Crippen molar-refractivity contribution < 1.29 is 14.3 Å². The highest BCUT2D eigenvalue weighted by Gasteiger charge is 2.14. The molecule has 124 valence electrons. The standard InChI is InChI=1S/C16H24N2O3.ClH/c1-21-15(19)10-6-3-7-11-18-14(16(17)20)12-13-8-4-2-5-9-13;/h2,4-5,8-9,14,18H,3,6-7,10-12H2,1H3,(H2,17,20);1H/t14-;/m0./s1. The van der Waals surface area contributed by atoms with Gasteiger partial charge < -0.3 is 15.8 Å². The largest absolute Gasteiger partial charge is 0.469 e. The quantitative estimate of drug-likeness (QED) is 0.507. The van der Waals surface area contributed by atoms with Crippen molar-refractivity contribution in [3.8, 4) is 0 Å². The lowest BCUT2D eigenvalue weighted by atomic mass is 10.1. The van der Waals surface area contributed by atoms with Crippen LogP contribution in [0.2, 0.25) is 0 Å². The lowest BCUT2D eigenvalue weighted by Gasteiger charge is -2.15.